The van der Waals surface area contributed by atoms with Crippen LogP contribution in [0.5, 0.6) is 0 Å². The van der Waals surface area contributed by atoms with Crippen molar-refractivity contribution in [2.24, 2.45) is 0 Å². The maximum atomic E-state index is 11.9. The van der Waals surface area contributed by atoms with Gasteiger partial charge in [-0.1, -0.05) is 22.7 Å². The molecule has 0 fully saturated rings. The third-order valence-corrected chi connectivity index (χ3v) is 5.64. The molecule has 0 aliphatic rings. The Morgan fingerprint density at radius 3 is 1.53 bits per heavy atom. The molecule has 2 aromatic heterocycles. The van der Waals surface area contributed by atoms with Crippen molar-refractivity contribution >= 4 is 32.5 Å². The van der Waals surface area contributed by atoms with Gasteiger partial charge in [-0.05, 0) is 13.8 Å². The molecule has 0 aromatic carbocycles. The van der Waals surface area contributed by atoms with E-state index >= 15 is 0 Å². The first-order valence-corrected chi connectivity index (χ1v) is 6.97. The molecule has 0 unspecified atom stereocenters. The Kier molecular flexibility index (Phi) is 2.52. The predicted molar refractivity (Wildman–Crippen MR) is 54.7 cm³/mol. The smallest absolute Gasteiger partial charge is 0.213 e. The molecule has 0 spiro atoms. The van der Waals surface area contributed by atoms with Crippen LogP contribution < -0.4 is 0 Å². The molecule has 9 heteroatoms. The van der Waals surface area contributed by atoms with Gasteiger partial charge in [0.1, 0.15) is 10.0 Å². The number of aryl methyl sites for hydroxylation is 2. The zero-order chi connectivity index (χ0) is 11.1. The molecule has 80 valence electrons. The van der Waals surface area contributed by atoms with Gasteiger partial charge in [0.05, 0.1) is 0 Å². The molecule has 2 heterocycles. The Morgan fingerprint density at radius 2 is 1.27 bits per heavy atom. The molecule has 0 aliphatic heterocycles. The Labute approximate surface area is 93.9 Å². The summed E-state index contributed by atoms with van der Waals surface area (Å²) >= 11 is 2.05. The fraction of sp³-hybridized carbons (Fsp3) is 0.333. The van der Waals surface area contributed by atoms with Crippen LogP contribution in [0.3, 0.4) is 0 Å². The van der Waals surface area contributed by atoms with Crippen LogP contribution in [0.2, 0.25) is 0 Å². The van der Waals surface area contributed by atoms with Gasteiger partial charge >= 0.3 is 0 Å². The molecule has 0 bridgehead atoms. The molecule has 0 atom stereocenters. The molecular weight excluding hydrogens is 256 g/mol. The summed E-state index contributed by atoms with van der Waals surface area (Å²) in [5.41, 5.74) is 0. The number of sulfone groups is 1. The van der Waals surface area contributed by atoms with Crippen LogP contribution in [0, 0.1) is 13.8 Å². The molecule has 2 aromatic rings. The van der Waals surface area contributed by atoms with E-state index in [-0.39, 0.29) is 8.68 Å². The highest BCUT2D eigenvalue weighted by Gasteiger charge is 2.26. The lowest BCUT2D eigenvalue weighted by Crippen LogP contribution is -2.00. The average Bonchev–Trinajstić information content (AvgIpc) is 2.74. The van der Waals surface area contributed by atoms with Crippen LogP contribution in [-0.2, 0) is 9.84 Å². The van der Waals surface area contributed by atoms with Crippen molar-refractivity contribution in [3.8, 4) is 0 Å². The van der Waals surface area contributed by atoms with Crippen molar-refractivity contribution in [2.45, 2.75) is 22.5 Å². The van der Waals surface area contributed by atoms with E-state index in [0.29, 0.717) is 10.0 Å². The van der Waals surface area contributed by atoms with Crippen LogP contribution in [0.4, 0.5) is 0 Å². The van der Waals surface area contributed by atoms with Gasteiger partial charge in [-0.25, -0.2) is 8.42 Å². The summed E-state index contributed by atoms with van der Waals surface area (Å²) in [5, 5.41) is 15.7. The summed E-state index contributed by atoms with van der Waals surface area (Å²) in [6.45, 7) is 3.39. The van der Waals surface area contributed by atoms with E-state index in [9.17, 15) is 8.42 Å². The third kappa shape index (κ3) is 1.90. The summed E-state index contributed by atoms with van der Waals surface area (Å²) in [7, 11) is -3.61. The summed E-state index contributed by atoms with van der Waals surface area (Å²) in [6.07, 6.45) is 0. The molecule has 0 aliphatic carbocycles. The van der Waals surface area contributed by atoms with Crippen molar-refractivity contribution in [2.75, 3.05) is 0 Å². The van der Waals surface area contributed by atoms with Crippen molar-refractivity contribution in [3.05, 3.63) is 10.0 Å². The van der Waals surface area contributed by atoms with Crippen LogP contribution in [0.15, 0.2) is 8.68 Å². The van der Waals surface area contributed by atoms with E-state index in [4.69, 9.17) is 0 Å². The minimum absolute atomic E-state index is 0.0313. The van der Waals surface area contributed by atoms with Gasteiger partial charge in [0.25, 0.3) is 9.84 Å². The number of aromatic nitrogens is 4. The first-order valence-electron chi connectivity index (χ1n) is 3.85. The number of hydrogen-bond donors (Lipinski definition) is 0. The lowest BCUT2D eigenvalue weighted by molar-refractivity contribution is 0.592. The van der Waals surface area contributed by atoms with E-state index < -0.39 is 9.84 Å². The molecule has 0 amide bonds. The maximum Gasteiger partial charge on any atom is 0.264 e. The van der Waals surface area contributed by atoms with Crippen molar-refractivity contribution < 1.29 is 8.42 Å². The third-order valence-electron chi connectivity index (χ3n) is 1.47. The Bertz CT molecular complexity index is 539. The van der Waals surface area contributed by atoms with E-state index in [1.165, 1.54) is 0 Å². The normalized spacial score (nSPS) is 11.9. The number of nitrogens with zero attached hydrogens (tertiary/aromatic N) is 4. The van der Waals surface area contributed by atoms with Gasteiger partial charge in [-0.2, -0.15) is 0 Å². The predicted octanol–water partition coefficient (Wildman–Crippen LogP) is 0.839. The van der Waals surface area contributed by atoms with E-state index in [0.717, 1.165) is 22.7 Å². The van der Waals surface area contributed by atoms with Gasteiger partial charge in [0.2, 0.25) is 8.68 Å². The Morgan fingerprint density at radius 1 is 0.867 bits per heavy atom. The second-order valence-electron chi connectivity index (χ2n) is 2.68. The molecular formula is C6H6N4O2S3. The first kappa shape index (κ1) is 10.6. The zero-order valence-electron chi connectivity index (χ0n) is 7.83. The van der Waals surface area contributed by atoms with Crippen LogP contribution in [0.25, 0.3) is 0 Å². The fourth-order valence-electron chi connectivity index (χ4n) is 0.849. The fourth-order valence-corrected chi connectivity index (χ4v) is 4.36. The van der Waals surface area contributed by atoms with E-state index in [1.807, 2.05) is 0 Å². The summed E-state index contributed by atoms with van der Waals surface area (Å²) in [5.74, 6) is 0. The lowest BCUT2D eigenvalue weighted by atomic mass is 10.9. The monoisotopic (exact) mass is 262 g/mol. The number of rotatable bonds is 2. The molecule has 2 rings (SSSR count). The summed E-state index contributed by atoms with van der Waals surface area (Å²) in [6, 6.07) is 0. The highest BCUT2D eigenvalue weighted by molar-refractivity contribution is 7.95. The standard InChI is InChI=1S/C6H6N4O2S3/c1-3-7-9-5(13-3)15(11,12)6-10-8-4(2)14-6/h1-2H3. The summed E-state index contributed by atoms with van der Waals surface area (Å²) in [4.78, 5) is 0. The molecule has 0 radical (unpaired) electrons. The SMILES string of the molecule is Cc1nnc(S(=O)(=O)c2nnc(C)s2)s1. The first-order chi connectivity index (χ1) is 7.00. The quantitative estimate of drug-likeness (QED) is 0.797. The molecule has 15 heavy (non-hydrogen) atoms. The second-order valence-corrected chi connectivity index (χ2v) is 7.34. The largest absolute Gasteiger partial charge is 0.264 e. The molecule has 0 saturated heterocycles. The van der Waals surface area contributed by atoms with Gasteiger partial charge < -0.3 is 0 Å². The van der Waals surface area contributed by atoms with Crippen molar-refractivity contribution in [3.63, 3.8) is 0 Å². The van der Waals surface area contributed by atoms with E-state index in [1.54, 1.807) is 13.8 Å². The zero-order valence-corrected chi connectivity index (χ0v) is 10.3. The Balaban J connectivity index is 2.53. The average molecular weight is 262 g/mol. The van der Waals surface area contributed by atoms with Crippen LogP contribution in [-0.4, -0.2) is 28.8 Å². The van der Waals surface area contributed by atoms with Crippen molar-refractivity contribution in [1.29, 1.82) is 0 Å². The topological polar surface area (TPSA) is 85.7 Å². The van der Waals surface area contributed by atoms with Crippen molar-refractivity contribution in [1.82, 2.24) is 20.4 Å². The molecule has 0 saturated carbocycles. The minimum atomic E-state index is -3.61. The highest BCUT2D eigenvalue weighted by Crippen LogP contribution is 2.25. The van der Waals surface area contributed by atoms with Gasteiger partial charge in [-0.15, -0.1) is 20.4 Å². The van der Waals surface area contributed by atoms with Gasteiger partial charge in [0.15, 0.2) is 0 Å². The van der Waals surface area contributed by atoms with Crippen LogP contribution in [0.1, 0.15) is 10.0 Å². The number of hydrogen-bond acceptors (Lipinski definition) is 8. The van der Waals surface area contributed by atoms with Gasteiger partial charge in [0, 0.05) is 0 Å². The van der Waals surface area contributed by atoms with Crippen LogP contribution >= 0.6 is 22.7 Å². The van der Waals surface area contributed by atoms with Gasteiger partial charge in [-0.3, -0.25) is 0 Å². The van der Waals surface area contributed by atoms with E-state index in [2.05, 4.69) is 20.4 Å². The molecule has 0 N–H and O–H groups in total. The molecule has 6 nitrogen and oxygen atoms in total. The minimum Gasteiger partial charge on any atom is -0.213 e. The second kappa shape index (κ2) is 3.58. The summed E-state index contributed by atoms with van der Waals surface area (Å²) < 4.78 is 23.7. The lowest BCUT2D eigenvalue weighted by Gasteiger charge is -1.90. The highest BCUT2D eigenvalue weighted by atomic mass is 32.3. The Hall–Kier alpha value is -0.930. The maximum absolute atomic E-state index is 11.9.